The number of piperidine rings is 2. The highest BCUT2D eigenvalue weighted by molar-refractivity contribution is 5.79. The molecule has 0 radical (unpaired) electrons. The minimum Gasteiger partial charge on any atom is -0.348 e. The van der Waals surface area contributed by atoms with Gasteiger partial charge in [0, 0.05) is 56.8 Å². The van der Waals surface area contributed by atoms with Gasteiger partial charge in [-0.15, -0.1) is 0 Å². The zero-order valence-corrected chi connectivity index (χ0v) is 16.2. The van der Waals surface area contributed by atoms with Crippen molar-refractivity contribution in [3.05, 3.63) is 18.2 Å². The summed E-state index contributed by atoms with van der Waals surface area (Å²) in [5.74, 6) is 0.711. The first kappa shape index (κ1) is 18.9. The van der Waals surface area contributed by atoms with Gasteiger partial charge in [-0.3, -0.25) is 9.59 Å². The molecule has 6 heteroatoms. The van der Waals surface area contributed by atoms with Crippen molar-refractivity contribution in [2.75, 3.05) is 26.2 Å². The van der Waals surface area contributed by atoms with Crippen molar-refractivity contribution in [2.45, 2.75) is 58.8 Å². The first-order valence-corrected chi connectivity index (χ1v) is 10.1. The largest absolute Gasteiger partial charge is 0.348 e. The number of nitrogens with one attached hydrogen (secondary N) is 1. The number of imidazole rings is 1. The summed E-state index contributed by atoms with van der Waals surface area (Å²) in [6, 6.07) is 0. The average Bonchev–Trinajstić information content (AvgIpc) is 3.16. The first-order chi connectivity index (χ1) is 12.5. The summed E-state index contributed by atoms with van der Waals surface area (Å²) in [7, 11) is 0. The van der Waals surface area contributed by atoms with Gasteiger partial charge < -0.3 is 14.8 Å². The lowest BCUT2D eigenvalue weighted by atomic mass is 9.72. The molecule has 2 fully saturated rings. The van der Waals surface area contributed by atoms with Crippen LogP contribution in [0.25, 0.3) is 0 Å². The van der Waals surface area contributed by atoms with Crippen molar-refractivity contribution >= 4 is 11.8 Å². The van der Waals surface area contributed by atoms with Gasteiger partial charge in [0.1, 0.15) is 0 Å². The summed E-state index contributed by atoms with van der Waals surface area (Å²) in [4.78, 5) is 36.1. The molecule has 1 N–H and O–H groups in total. The number of carbonyl (C=O) groups is 2. The number of carbonyl (C=O) groups excluding carboxylic acids is 2. The number of hydrogen-bond acceptors (Lipinski definition) is 3. The maximum absolute atomic E-state index is 12.6. The molecule has 2 aliphatic rings. The Morgan fingerprint density at radius 2 is 2.12 bits per heavy atom. The van der Waals surface area contributed by atoms with Gasteiger partial charge in [-0.1, -0.05) is 20.3 Å². The summed E-state index contributed by atoms with van der Waals surface area (Å²) >= 11 is 0. The van der Waals surface area contributed by atoms with E-state index in [9.17, 15) is 9.59 Å². The van der Waals surface area contributed by atoms with Crippen molar-refractivity contribution in [2.24, 2.45) is 11.3 Å². The van der Waals surface area contributed by atoms with Crippen LogP contribution in [0.3, 0.4) is 0 Å². The molecule has 0 aliphatic carbocycles. The number of aromatic nitrogens is 2. The van der Waals surface area contributed by atoms with E-state index in [4.69, 9.17) is 0 Å². The third-order valence-corrected chi connectivity index (χ3v) is 6.23. The van der Waals surface area contributed by atoms with Crippen LogP contribution in [-0.2, 0) is 16.0 Å². The number of aromatic amines is 1. The molecule has 0 aromatic carbocycles. The third kappa shape index (κ3) is 4.27. The standard InChI is InChI=1S/C20H32N4O2/c1-3-4-16(2)19(26)23-11-8-20(9-12-23)7-5-18(25)24(14-20)10-6-17-13-21-15-22-17/h13,15-16H,3-12,14H2,1-2H3,(H,21,22)/t16-/m1/s1. The van der Waals surface area contributed by atoms with Crippen LogP contribution in [0, 0.1) is 11.3 Å². The molecule has 2 amide bonds. The van der Waals surface area contributed by atoms with E-state index in [-0.39, 0.29) is 17.2 Å². The van der Waals surface area contributed by atoms with Crippen molar-refractivity contribution in [3.63, 3.8) is 0 Å². The van der Waals surface area contributed by atoms with Gasteiger partial charge in [0.15, 0.2) is 0 Å². The van der Waals surface area contributed by atoms with Gasteiger partial charge in [-0.2, -0.15) is 0 Å². The third-order valence-electron chi connectivity index (χ3n) is 6.23. The molecule has 3 heterocycles. The molecule has 2 aliphatic heterocycles. The van der Waals surface area contributed by atoms with Crippen molar-refractivity contribution in [1.29, 1.82) is 0 Å². The Hall–Kier alpha value is -1.85. The molecule has 6 nitrogen and oxygen atoms in total. The zero-order chi connectivity index (χ0) is 18.6. The maximum atomic E-state index is 12.6. The van der Waals surface area contributed by atoms with Gasteiger partial charge in [0.25, 0.3) is 0 Å². The van der Waals surface area contributed by atoms with E-state index in [1.165, 1.54) is 0 Å². The fourth-order valence-corrected chi connectivity index (χ4v) is 4.46. The van der Waals surface area contributed by atoms with Gasteiger partial charge >= 0.3 is 0 Å². The van der Waals surface area contributed by atoms with Crippen LogP contribution in [0.4, 0.5) is 0 Å². The SMILES string of the molecule is CCC[C@@H](C)C(=O)N1CCC2(CCC(=O)N(CCc3cnc[nH]3)C2)CC1. The van der Waals surface area contributed by atoms with E-state index in [2.05, 4.69) is 21.8 Å². The number of likely N-dealkylation sites (tertiary alicyclic amines) is 2. The van der Waals surface area contributed by atoms with E-state index in [1.807, 2.05) is 18.0 Å². The molecule has 1 aromatic rings. The second-order valence-corrected chi connectivity index (χ2v) is 8.16. The molecule has 1 spiro atoms. The predicted octanol–water partition coefficient (Wildman–Crippen LogP) is 2.62. The topological polar surface area (TPSA) is 69.3 Å². The summed E-state index contributed by atoms with van der Waals surface area (Å²) < 4.78 is 0. The lowest BCUT2D eigenvalue weighted by Crippen LogP contribution is -2.53. The zero-order valence-electron chi connectivity index (χ0n) is 16.2. The van der Waals surface area contributed by atoms with Gasteiger partial charge in [-0.05, 0) is 31.1 Å². The van der Waals surface area contributed by atoms with E-state index >= 15 is 0 Å². The Balaban J connectivity index is 1.54. The number of hydrogen-bond donors (Lipinski definition) is 1. The fourth-order valence-electron chi connectivity index (χ4n) is 4.46. The summed E-state index contributed by atoms with van der Waals surface area (Å²) in [6.45, 7) is 7.45. The molecule has 26 heavy (non-hydrogen) atoms. The molecule has 3 rings (SSSR count). The Morgan fingerprint density at radius 1 is 1.35 bits per heavy atom. The average molecular weight is 361 g/mol. The fraction of sp³-hybridized carbons (Fsp3) is 0.750. The van der Waals surface area contributed by atoms with E-state index in [1.54, 1.807) is 6.33 Å². The number of H-pyrrole nitrogens is 1. The van der Waals surface area contributed by atoms with Crippen LogP contribution in [0.2, 0.25) is 0 Å². The van der Waals surface area contributed by atoms with E-state index < -0.39 is 0 Å². The van der Waals surface area contributed by atoms with Crippen LogP contribution < -0.4 is 0 Å². The first-order valence-electron chi connectivity index (χ1n) is 10.1. The van der Waals surface area contributed by atoms with Gasteiger partial charge in [-0.25, -0.2) is 4.98 Å². The Bertz CT molecular complexity index is 605. The minimum absolute atomic E-state index is 0.132. The maximum Gasteiger partial charge on any atom is 0.225 e. The highest BCUT2D eigenvalue weighted by Crippen LogP contribution is 2.40. The molecular formula is C20H32N4O2. The smallest absolute Gasteiger partial charge is 0.225 e. The monoisotopic (exact) mass is 360 g/mol. The lowest BCUT2D eigenvalue weighted by Gasteiger charge is -2.47. The molecule has 0 saturated carbocycles. The van der Waals surface area contributed by atoms with Gasteiger partial charge in [0.2, 0.25) is 11.8 Å². The van der Waals surface area contributed by atoms with Crippen molar-refractivity contribution in [1.82, 2.24) is 19.8 Å². The molecule has 0 unspecified atom stereocenters. The van der Waals surface area contributed by atoms with E-state index in [0.717, 1.165) is 70.4 Å². The number of rotatable bonds is 6. The lowest BCUT2D eigenvalue weighted by molar-refractivity contribution is -0.144. The molecular weight excluding hydrogens is 328 g/mol. The Labute approximate surface area is 156 Å². The molecule has 2 saturated heterocycles. The minimum atomic E-state index is 0.132. The van der Waals surface area contributed by atoms with Crippen LogP contribution in [0.5, 0.6) is 0 Å². The van der Waals surface area contributed by atoms with Crippen LogP contribution in [0.15, 0.2) is 12.5 Å². The van der Waals surface area contributed by atoms with Crippen molar-refractivity contribution in [3.8, 4) is 0 Å². The quantitative estimate of drug-likeness (QED) is 0.848. The Morgan fingerprint density at radius 3 is 2.77 bits per heavy atom. The molecule has 1 atom stereocenters. The normalized spacial score (nSPS) is 21.2. The second kappa shape index (κ2) is 8.23. The summed E-state index contributed by atoms with van der Waals surface area (Å²) in [5, 5.41) is 0. The highest BCUT2D eigenvalue weighted by atomic mass is 16.2. The van der Waals surface area contributed by atoms with Crippen molar-refractivity contribution < 1.29 is 9.59 Å². The summed E-state index contributed by atoms with van der Waals surface area (Å²) in [6.07, 6.45) is 10.0. The predicted molar refractivity (Wildman–Crippen MR) is 100 cm³/mol. The van der Waals surface area contributed by atoms with Crippen LogP contribution >= 0.6 is 0 Å². The number of amides is 2. The highest BCUT2D eigenvalue weighted by Gasteiger charge is 2.41. The second-order valence-electron chi connectivity index (χ2n) is 8.16. The van der Waals surface area contributed by atoms with Gasteiger partial charge in [0.05, 0.1) is 6.33 Å². The summed E-state index contributed by atoms with van der Waals surface area (Å²) in [5.41, 5.74) is 1.27. The van der Waals surface area contributed by atoms with Crippen LogP contribution in [0.1, 0.15) is 58.1 Å². The van der Waals surface area contributed by atoms with E-state index in [0.29, 0.717) is 12.3 Å². The molecule has 0 bridgehead atoms. The molecule has 1 aromatic heterocycles. The van der Waals surface area contributed by atoms with Crippen LogP contribution in [-0.4, -0.2) is 57.8 Å². The number of nitrogens with zero attached hydrogens (tertiary/aromatic N) is 3. The molecule has 144 valence electrons. The Kier molecular flexibility index (Phi) is 5.99.